The number of nitrogens with zero attached hydrogens (tertiary/aromatic N) is 1. The fraction of sp³-hybridized carbons (Fsp3) is 0.571. The van der Waals surface area contributed by atoms with E-state index >= 15 is 0 Å². The van der Waals surface area contributed by atoms with Crippen LogP contribution in [0.25, 0.3) is 0 Å². The lowest BCUT2D eigenvalue weighted by molar-refractivity contribution is 0.0899. The minimum Gasteiger partial charge on any atom is -0.348 e. The number of carbonyl (C=O) groups is 1. The molecule has 4 N–H and O–H groups in total. The first-order valence-electron chi connectivity index (χ1n) is 6.98. The van der Waals surface area contributed by atoms with Crippen LogP contribution in [0, 0.1) is 5.92 Å². The van der Waals surface area contributed by atoms with Crippen molar-refractivity contribution in [2.45, 2.75) is 45.1 Å². The number of pyridine rings is 1. The smallest absolute Gasteiger partial charge is 0.270 e. The molecule has 19 heavy (non-hydrogen) atoms. The topological polar surface area (TPSA) is 80.0 Å². The highest BCUT2D eigenvalue weighted by Crippen LogP contribution is 2.26. The van der Waals surface area contributed by atoms with Crippen molar-refractivity contribution >= 4 is 11.6 Å². The zero-order valence-corrected chi connectivity index (χ0v) is 11.4. The summed E-state index contributed by atoms with van der Waals surface area (Å²) < 4.78 is 0. The van der Waals surface area contributed by atoms with Gasteiger partial charge in [0.15, 0.2) is 0 Å². The van der Waals surface area contributed by atoms with Gasteiger partial charge in [0.05, 0.1) is 11.9 Å². The van der Waals surface area contributed by atoms with E-state index in [4.69, 9.17) is 5.84 Å². The van der Waals surface area contributed by atoms with Crippen LogP contribution in [0.2, 0.25) is 0 Å². The normalized spacial score (nSPS) is 22.8. The molecule has 1 aliphatic carbocycles. The molecule has 0 spiro atoms. The molecular formula is C14H22N4O. The van der Waals surface area contributed by atoms with Crippen LogP contribution in [-0.4, -0.2) is 16.9 Å². The van der Waals surface area contributed by atoms with Crippen molar-refractivity contribution < 1.29 is 4.79 Å². The van der Waals surface area contributed by atoms with Crippen molar-refractivity contribution in [2.24, 2.45) is 11.8 Å². The first-order chi connectivity index (χ1) is 9.24. The van der Waals surface area contributed by atoms with Gasteiger partial charge < -0.3 is 10.7 Å². The number of hydrazine groups is 1. The SMILES string of the molecule is CCC1CCCCC1NC(=O)c1ccc(NN)cn1. The van der Waals surface area contributed by atoms with Gasteiger partial charge in [0, 0.05) is 6.04 Å². The minimum absolute atomic E-state index is 0.0890. The molecule has 0 saturated heterocycles. The Morgan fingerprint density at radius 3 is 2.84 bits per heavy atom. The third-order valence-electron chi connectivity index (χ3n) is 3.91. The van der Waals surface area contributed by atoms with E-state index < -0.39 is 0 Å². The van der Waals surface area contributed by atoms with E-state index in [1.54, 1.807) is 18.3 Å². The summed E-state index contributed by atoms with van der Waals surface area (Å²) in [5.41, 5.74) is 3.64. The van der Waals surface area contributed by atoms with Gasteiger partial charge in [0.25, 0.3) is 5.91 Å². The summed E-state index contributed by atoms with van der Waals surface area (Å²) in [5.74, 6) is 5.78. The maximum Gasteiger partial charge on any atom is 0.270 e. The number of rotatable bonds is 4. The lowest BCUT2D eigenvalue weighted by atomic mass is 9.83. The van der Waals surface area contributed by atoms with E-state index in [1.165, 1.54) is 19.3 Å². The van der Waals surface area contributed by atoms with E-state index in [1.807, 2.05) is 0 Å². The average molecular weight is 262 g/mol. The van der Waals surface area contributed by atoms with E-state index in [0.717, 1.165) is 12.8 Å². The zero-order valence-electron chi connectivity index (χ0n) is 11.4. The van der Waals surface area contributed by atoms with Gasteiger partial charge >= 0.3 is 0 Å². The highest BCUT2D eigenvalue weighted by atomic mass is 16.1. The highest BCUT2D eigenvalue weighted by Gasteiger charge is 2.25. The van der Waals surface area contributed by atoms with Crippen molar-refractivity contribution in [1.29, 1.82) is 0 Å². The van der Waals surface area contributed by atoms with Crippen LogP contribution in [-0.2, 0) is 0 Å². The maximum atomic E-state index is 12.1. The Morgan fingerprint density at radius 1 is 1.42 bits per heavy atom. The van der Waals surface area contributed by atoms with E-state index in [2.05, 4.69) is 22.7 Å². The molecule has 0 aromatic carbocycles. The Hall–Kier alpha value is -1.62. The molecule has 1 heterocycles. The van der Waals surface area contributed by atoms with Gasteiger partial charge in [-0.2, -0.15) is 0 Å². The first kappa shape index (κ1) is 13.8. The number of hydrogen-bond acceptors (Lipinski definition) is 4. The summed E-state index contributed by atoms with van der Waals surface area (Å²) in [5, 5.41) is 3.12. The molecule has 0 radical (unpaired) electrons. The molecular weight excluding hydrogens is 240 g/mol. The maximum absolute atomic E-state index is 12.1. The van der Waals surface area contributed by atoms with Gasteiger partial charge in [-0.25, -0.2) is 4.98 Å². The minimum atomic E-state index is -0.0890. The summed E-state index contributed by atoms with van der Waals surface area (Å²) in [6, 6.07) is 3.73. The Kier molecular flexibility index (Phi) is 4.74. The molecule has 2 atom stereocenters. The number of nitrogens with one attached hydrogen (secondary N) is 2. The second kappa shape index (κ2) is 6.52. The number of nitrogens with two attached hydrogens (primary N) is 1. The summed E-state index contributed by atoms with van der Waals surface area (Å²) in [7, 11) is 0. The van der Waals surface area contributed by atoms with Crippen molar-refractivity contribution in [2.75, 3.05) is 5.43 Å². The van der Waals surface area contributed by atoms with Crippen molar-refractivity contribution in [3.05, 3.63) is 24.0 Å². The van der Waals surface area contributed by atoms with Crippen LogP contribution >= 0.6 is 0 Å². The molecule has 5 heteroatoms. The molecule has 2 rings (SSSR count). The molecule has 1 fully saturated rings. The Bertz CT molecular complexity index is 418. The molecule has 2 unspecified atom stereocenters. The van der Waals surface area contributed by atoms with Crippen LogP contribution in [0.5, 0.6) is 0 Å². The quantitative estimate of drug-likeness (QED) is 0.573. The molecule has 5 nitrogen and oxygen atoms in total. The van der Waals surface area contributed by atoms with Crippen molar-refractivity contribution in [3.8, 4) is 0 Å². The van der Waals surface area contributed by atoms with Gasteiger partial charge in [-0.3, -0.25) is 10.6 Å². The number of hydrogen-bond donors (Lipinski definition) is 3. The molecule has 1 saturated carbocycles. The van der Waals surface area contributed by atoms with Crippen LogP contribution in [0.3, 0.4) is 0 Å². The van der Waals surface area contributed by atoms with E-state index in [9.17, 15) is 4.79 Å². The zero-order chi connectivity index (χ0) is 13.7. The third-order valence-corrected chi connectivity index (χ3v) is 3.91. The summed E-state index contributed by atoms with van der Waals surface area (Å²) in [6.07, 6.45) is 7.45. The fourth-order valence-electron chi connectivity index (χ4n) is 2.74. The number of aromatic nitrogens is 1. The number of carbonyl (C=O) groups excluding carboxylic acids is 1. The Labute approximate surface area is 114 Å². The predicted octanol–water partition coefficient (Wildman–Crippen LogP) is 2.07. The fourth-order valence-corrected chi connectivity index (χ4v) is 2.74. The number of amides is 1. The highest BCUT2D eigenvalue weighted by molar-refractivity contribution is 5.92. The largest absolute Gasteiger partial charge is 0.348 e. The average Bonchev–Trinajstić information content (AvgIpc) is 2.48. The second-order valence-corrected chi connectivity index (χ2v) is 5.11. The summed E-state index contributed by atoms with van der Waals surface area (Å²) in [4.78, 5) is 16.3. The monoisotopic (exact) mass is 262 g/mol. The van der Waals surface area contributed by atoms with E-state index in [-0.39, 0.29) is 5.91 Å². The summed E-state index contributed by atoms with van der Waals surface area (Å²) in [6.45, 7) is 2.19. The first-order valence-corrected chi connectivity index (χ1v) is 6.98. The van der Waals surface area contributed by atoms with Crippen LogP contribution in [0.4, 0.5) is 5.69 Å². The molecule has 104 valence electrons. The van der Waals surface area contributed by atoms with Gasteiger partial charge in [-0.1, -0.05) is 26.2 Å². The molecule has 0 aliphatic heterocycles. The van der Waals surface area contributed by atoms with Gasteiger partial charge in [-0.05, 0) is 30.9 Å². The third kappa shape index (κ3) is 3.44. The lowest BCUT2D eigenvalue weighted by Gasteiger charge is -2.31. The van der Waals surface area contributed by atoms with Gasteiger partial charge in [0.2, 0.25) is 0 Å². The van der Waals surface area contributed by atoms with Crippen molar-refractivity contribution in [3.63, 3.8) is 0 Å². The van der Waals surface area contributed by atoms with Crippen LogP contribution in [0.1, 0.15) is 49.5 Å². The summed E-state index contributed by atoms with van der Waals surface area (Å²) >= 11 is 0. The number of nitrogen functional groups attached to an aromatic ring is 1. The molecule has 1 aliphatic rings. The Morgan fingerprint density at radius 2 is 2.21 bits per heavy atom. The van der Waals surface area contributed by atoms with Gasteiger partial charge in [0.1, 0.15) is 5.69 Å². The van der Waals surface area contributed by atoms with Crippen LogP contribution in [0.15, 0.2) is 18.3 Å². The predicted molar refractivity (Wildman–Crippen MR) is 75.6 cm³/mol. The number of anilines is 1. The second-order valence-electron chi connectivity index (χ2n) is 5.11. The van der Waals surface area contributed by atoms with Crippen molar-refractivity contribution in [1.82, 2.24) is 10.3 Å². The van der Waals surface area contributed by atoms with Gasteiger partial charge in [-0.15, -0.1) is 0 Å². The van der Waals surface area contributed by atoms with E-state index in [0.29, 0.717) is 23.3 Å². The van der Waals surface area contributed by atoms with Crippen LogP contribution < -0.4 is 16.6 Å². The molecule has 0 bridgehead atoms. The Balaban J connectivity index is 1.98. The molecule has 1 aromatic heterocycles. The molecule has 1 amide bonds. The standard InChI is InChI=1S/C14H22N4O/c1-2-10-5-3-4-6-12(10)17-14(19)13-8-7-11(18-15)9-16-13/h7-10,12,18H,2-6,15H2,1H3,(H,17,19). The lowest BCUT2D eigenvalue weighted by Crippen LogP contribution is -2.42. The molecule has 1 aromatic rings.